The number of hydrogen-bond acceptors (Lipinski definition) is 7. The maximum absolute atomic E-state index is 13.5. The van der Waals surface area contributed by atoms with Gasteiger partial charge in [-0.1, -0.05) is 17.7 Å². The Morgan fingerprint density at radius 1 is 1.06 bits per heavy atom. The number of ketones is 1. The van der Waals surface area contributed by atoms with E-state index in [0.717, 1.165) is 13.1 Å². The lowest BCUT2D eigenvalue weighted by molar-refractivity contribution is -0.129. The van der Waals surface area contributed by atoms with Gasteiger partial charge in [0.1, 0.15) is 0 Å². The molecular formula is C25H27ClN2O6. The van der Waals surface area contributed by atoms with Crippen LogP contribution >= 0.6 is 11.6 Å². The number of ether oxygens (including phenoxy) is 3. The van der Waals surface area contributed by atoms with Crippen molar-refractivity contribution in [3.63, 3.8) is 0 Å². The van der Waals surface area contributed by atoms with Gasteiger partial charge < -0.3 is 24.2 Å². The van der Waals surface area contributed by atoms with E-state index in [-0.39, 0.29) is 5.57 Å². The van der Waals surface area contributed by atoms with Crippen molar-refractivity contribution in [2.24, 2.45) is 0 Å². The minimum absolute atomic E-state index is 0.0292. The third kappa shape index (κ3) is 4.75. The summed E-state index contributed by atoms with van der Waals surface area (Å²) in [5, 5.41) is 11.3. The number of morpholine rings is 1. The smallest absolute Gasteiger partial charge is 0.290 e. The number of nitrogens with zero attached hydrogens (tertiary/aromatic N) is 2. The molecule has 34 heavy (non-hydrogen) atoms. The Balaban J connectivity index is 1.72. The summed E-state index contributed by atoms with van der Waals surface area (Å²) >= 11 is 5.98. The van der Waals surface area contributed by atoms with Gasteiger partial charge in [-0.05, 0) is 42.0 Å². The van der Waals surface area contributed by atoms with E-state index in [1.165, 1.54) is 19.1 Å². The van der Waals surface area contributed by atoms with Gasteiger partial charge in [-0.3, -0.25) is 14.5 Å². The van der Waals surface area contributed by atoms with Crippen molar-refractivity contribution in [2.45, 2.75) is 6.04 Å². The van der Waals surface area contributed by atoms with Gasteiger partial charge in [0.2, 0.25) is 0 Å². The Kier molecular flexibility index (Phi) is 7.41. The second-order valence-electron chi connectivity index (χ2n) is 8.07. The fourth-order valence-electron chi connectivity index (χ4n) is 4.32. The van der Waals surface area contributed by atoms with Crippen molar-refractivity contribution < 1.29 is 28.9 Å². The van der Waals surface area contributed by atoms with Crippen LogP contribution in [0.1, 0.15) is 22.0 Å². The molecule has 2 aliphatic heterocycles. The second-order valence-corrected chi connectivity index (χ2v) is 8.50. The standard InChI is InChI=1S/C25H27ClN2O6/c1-32-19-8-5-17(15-20(19)33-2)22-21(23(29)16-3-6-18(26)7-4-16)24(30)25(31)28(22)10-9-27-11-13-34-14-12-27/h3-8,15,22,30H,9-14H2,1-2H3. The number of methoxy groups -OCH3 is 2. The molecule has 0 spiro atoms. The molecule has 2 aromatic rings. The Bertz CT molecular complexity index is 1100. The third-order valence-electron chi connectivity index (χ3n) is 6.14. The van der Waals surface area contributed by atoms with E-state index in [4.69, 9.17) is 25.8 Å². The Morgan fingerprint density at radius 2 is 1.74 bits per heavy atom. The molecule has 1 fully saturated rings. The summed E-state index contributed by atoms with van der Waals surface area (Å²) in [4.78, 5) is 30.4. The molecule has 180 valence electrons. The monoisotopic (exact) mass is 486 g/mol. The average Bonchev–Trinajstić information content (AvgIpc) is 3.12. The molecule has 9 heteroatoms. The van der Waals surface area contributed by atoms with E-state index in [2.05, 4.69) is 4.90 Å². The van der Waals surface area contributed by atoms with Crippen molar-refractivity contribution >= 4 is 23.3 Å². The Morgan fingerprint density at radius 3 is 2.38 bits per heavy atom. The molecule has 4 rings (SSSR count). The predicted octanol–water partition coefficient (Wildman–Crippen LogP) is 3.27. The number of amides is 1. The largest absolute Gasteiger partial charge is 0.503 e. The van der Waals surface area contributed by atoms with Gasteiger partial charge in [0.05, 0.1) is 39.0 Å². The van der Waals surface area contributed by atoms with Crippen LogP contribution < -0.4 is 9.47 Å². The maximum Gasteiger partial charge on any atom is 0.290 e. The first-order valence-electron chi connectivity index (χ1n) is 11.0. The molecule has 0 radical (unpaired) electrons. The number of Topliss-reactive ketones (excluding diaryl/α,β-unsaturated/α-hetero) is 1. The summed E-state index contributed by atoms with van der Waals surface area (Å²) in [5.74, 6) is -0.567. The summed E-state index contributed by atoms with van der Waals surface area (Å²) in [6, 6.07) is 10.8. The molecule has 2 heterocycles. The first-order chi connectivity index (χ1) is 16.4. The zero-order valence-corrected chi connectivity index (χ0v) is 19.9. The van der Waals surface area contributed by atoms with Gasteiger partial charge in [0, 0.05) is 36.8 Å². The van der Waals surface area contributed by atoms with Crippen molar-refractivity contribution in [1.29, 1.82) is 0 Å². The van der Waals surface area contributed by atoms with E-state index < -0.39 is 23.5 Å². The highest BCUT2D eigenvalue weighted by Crippen LogP contribution is 2.41. The molecule has 2 aliphatic rings. The zero-order valence-electron chi connectivity index (χ0n) is 19.1. The quantitative estimate of drug-likeness (QED) is 0.573. The lowest BCUT2D eigenvalue weighted by atomic mass is 9.92. The van der Waals surface area contributed by atoms with Crippen molar-refractivity contribution in [3.8, 4) is 11.5 Å². The molecular weight excluding hydrogens is 460 g/mol. The number of aliphatic hydroxyl groups excluding tert-OH is 1. The van der Waals surface area contributed by atoms with Gasteiger partial charge in [0.25, 0.3) is 5.91 Å². The summed E-state index contributed by atoms with van der Waals surface area (Å²) in [6.07, 6.45) is 0. The van der Waals surface area contributed by atoms with Crippen molar-refractivity contribution in [2.75, 3.05) is 53.6 Å². The number of carbonyl (C=O) groups is 2. The number of carbonyl (C=O) groups excluding carboxylic acids is 2. The summed E-state index contributed by atoms with van der Waals surface area (Å²) in [7, 11) is 3.05. The van der Waals surface area contributed by atoms with Crippen LogP contribution in [0.4, 0.5) is 0 Å². The lowest BCUT2D eigenvalue weighted by Gasteiger charge is -2.32. The maximum atomic E-state index is 13.5. The Labute approximate surface area is 203 Å². The van der Waals surface area contributed by atoms with E-state index in [1.54, 1.807) is 42.5 Å². The van der Waals surface area contributed by atoms with Crippen LogP contribution in [0, 0.1) is 0 Å². The van der Waals surface area contributed by atoms with Crippen LogP contribution in [-0.2, 0) is 9.53 Å². The summed E-state index contributed by atoms with van der Waals surface area (Å²) in [5.41, 5.74) is 0.995. The molecule has 1 atom stereocenters. The number of aliphatic hydroxyl groups is 1. The number of rotatable bonds is 8. The lowest BCUT2D eigenvalue weighted by Crippen LogP contribution is -2.43. The van der Waals surface area contributed by atoms with Crippen LogP contribution in [0.2, 0.25) is 5.02 Å². The van der Waals surface area contributed by atoms with Gasteiger partial charge in [-0.25, -0.2) is 0 Å². The molecule has 1 unspecified atom stereocenters. The molecule has 8 nitrogen and oxygen atoms in total. The highest BCUT2D eigenvalue weighted by Gasteiger charge is 2.44. The second kappa shape index (κ2) is 10.5. The van der Waals surface area contributed by atoms with Crippen LogP contribution in [0.5, 0.6) is 11.5 Å². The van der Waals surface area contributed by atoms with E-state index >= 15 is 0 Å². The Hall–Kier alpha value is -3.07. The number of halogens is 1. The summed E-state index contributed by atoms with van der Waals surface area (Å²) in [6.45, 7) is 3.72. The fourth-order valence-corrected chi connectivity index (χ4v) is 4.44. The van der Waals surface area contributed by atoms with Gasteiger partial charge in [-0.15, -0.1) is 0 Å². The van der Waals surface area contributed by atoms with E-state index in [0.29, 0.717) is 54.0 Å². The minimum atomic E-state index is -0.781. The highest BCUT2D eigenvalue weighted by atomic mass is 35.5. The number of benzene rings is 2. The average molecular weight is 487 g/mol. The van der Waals surface area contributed by atoms with Crippen LogP contribution in [0.15, 0.2) is 53.8 Å². The van der Waals surface area contributed by atoms with Crippen molar-refractivity contribution in [1.82, 2.24) is 9.80 Å². The molecule has 0 bridgehead atoms. The first kappa shape index (κ1) is 24.1. The van der Waals surface area contributed by atoms with Gasteiger partial charge in [0.15, 0.2) is 23.0 Å². The molecule has 1 N–H and O–H groups in total. The third-order valence-corrected chi connectivity index (χ3v) is 6.39. The highest BCUT2D eigenvalue weighted by molar-refractivity contribution is 6.30. The fraction of sp³-hybridized carbons (Fsp3) is 0.360. The zero-order chi connectivity index (χ0) is 24.2. The molecule has 2 aromatic carbocycles. The van der Waals surface area contributed by atoms with Crippen molar-refractivity contribution in [3.05, 3.63) is 69.9 Å². The normalized spacial score (nSPS) is 19.0. The predicted molar refractivity (Wildman–Crippen MR) is 127 cm³/mol. The van der Waals surface area contributed by atoms with Crippen LogP contribution in [0.25, 0.3) is 0 Å². The minimum Gasteiger partial charge on any atom is -0.503 e. The molecule has 0 aromatic heterocycles. The topological polar surface area (TPSA) is 88.5 Å². The molecule has 1 amide bonds. The van der Waals surface area contributed by atoms with Crippen LogP contribution in [0.3, 0.4) is 0 Å². The van der Waals surface area contributed by atoms with Crippen LogP contribution in [-0.4, -0.2) is 80.2 Å². The van der Waals surface area contributed by atoms with Gasteiger partial charge >= 0.3 is 0 Å². The summed E-state index contributed by atoms with van der Waals surface area (Å²) < 4.78 is 16.2. The van der Waals surface area contributed by atoms with E-state index in [1.807, 2.05) is 0 Å². The molecule has 0 aliphatic carbocycles. The van der Waals surface area contributed by atoms with Gasteiger partial charge in [-0.2, -0.15) is 0 Å². The molecule has 0 saturated carbocycles. The van der Waals surface area contributed by atoms with E-state index in [9.17, 15) is 14.7 Å². The molecule has 1 saturated heterocycles. The first-order valence-corrected chi connectivity index (χ1v) is 11.4. The number of hydrogen-bond donors (Lipinski definition) is 1. The SMILES string of the molecule is COc1ccc(C2C(C(=O)c3ccc(Cl)cc3)=C(O)C(=O)N2CCN2CCOCC2)cc1OC.